The number of carboxylic acid groups (broad SMARTS) is 1. The minimum atomic E-state index is -4.49. The van der Waals surface area contributed by atoms with Gasteiger partial charge in [0, 0.05) is 25.4 Å². The Labute approximate surface area is 245 Å². The fourth-order valence-electron chi connectivity index (χ4n) is 5.85. The van der Waals surface area contributed by atoms with Gasteiger partial charge in [0.2, 0.25) is 21.8 Å². The Hall–Kier alpha value is -3.12. The first-order valence-corrected chi connectivity index (χ1v) is 16.7. The normalized spacial score (nSPS) is 22.6. The maximum atomic E-state index is 13.3. The van der Waals surface area contributed by atoms with E-state index in [1.165, 1.54) is 0 Å². The predicted molar refractivity (Wildman–Crippen MR) is 151 cm³/mol. The number of guanidine groups is 1. The van der Waals surface area contributed by atoms with Crippen molar-refractivity contribution in [2.75, 3.05) is 37.4 Å². The van der Waals surface area contributed by atoms with Gasteiger partial charge in [0.25, 0.3) is 0 Å². The molecule has 2 rings (SSSR count). The van der Waals surface area contributed by atoms with Crippen LogP contribution in [0.2, 0.25) is 0 Å². The average Bonchev–Trinajstić information content (AvgIpc) is 3.17. The molecule has 16 nitrogen and oxygen atoms in total. The molecule has 4 unspecified atom stereocenters. The highest BCUT2D eigenvalue weighted by Crippen LogP contribution is 2.64. The molecule has 238 valence electrons. The predicted octanol–water partition coefficient (Wildman–Crippen LogP) is -2.64. The minimum absolute atomic E-state index is 0.0000620. The standard InChI is InChI=1S/C24H40N6O10S2/c1-23(2)15-6-7-24(23,18(32)9-15)14-42(39,40)29-17(12-41(37,38)13-20(34)35)21(36)30(3)10-19(33)28-16(11-31)5-4-8-27-22(25)26/h11,15-17,29H,4-10,12-14H2,1-3H3,(H,28,33)(H,34,35)(H4,25,26,27). The molecular weight excluding hydrogens is 596 g/mol. The summed E-state index contributed by atoms with van der Waals surface area (Å²) in [7, 11) is -7.84. The monoisotopic (exact) mass is 636 g/mol. The number of aliphatic carboxylic acids is 1. The third kappa shape index (κ3) is 8.70. The number of carboxylic acids is 1. The molecule has 2 aliphatic rings. The summed E-state index contributed by atoms with van der Waals surface area (Å²) in [6.45, 7) is 3.15. The smallest absolute Gasteiger partial charge is 0.318 e. The summed E-state index contributed by atoms with van der Waals surface area (Å²) in [6.07, 6.45) is 2.21. The van der Waals surface area contributed by atoms with Gasteiger partial charge in [-0.1, -0.05) is 13.8 Å². The Morgan fingerprint density at radius 2 is 1.86 bits per heavy atom. The van der Waals surface area contributed by atoms with E-state index in [-0.39, 0.29) is 37.0 Å². The molecule has 0 aliphatic heterocycles. The van der Waals surface area contributed by atoms with Crippen molar-refractivity contribution in [2.24, 2.45) is 33.2 Å². The van der Waals surface area contributed by atoms with Gasteiger partial charge in [0.1, 0.15) is 23.9 Å². The highest BCUT2D eigenvalue weighted by Gasteiger charge is 2.65. The number of nitrogens with zero attached hydrogens (tertiary/aromatic N) is 2. The van der Waals surface area contributed by atoms with Crippen LogP contribution >= 0.6 is 0 Å². The molecule has 0 saturated heterocycles. The fourth-order valence-corrected chi connectivity index (χ4v) is 9.21. The number of hydrogen-bond acceptors (Lipinski definition) is 10. The van der Waals surface area contributed by atoms with E-state index < -0.39 is 84.4 Å². The van der Waals surface area contributed by atoms with E-state index in [0.717, 1.165) is 11.9 Å². The van der Waals surface area contributed by atoms with Crippen molar-refractivity contribution in [3.63, 3.8) is 0 Å². The van der Waals surface area contributed by atoms with Gasteiger partial charge in [0.05, 0.1) is 24.1 Å². The molecule has 0 radical (unpaired) electrons. The zero-order valence-electron chi connectivity index (χ0n) is 23.9. The SMILES string of the molecule is CN(CC(=O)NC(C=O)CCCN=C(N)N)C(=O)C(CS(=O)(=O)CC(=O)O)NS(=O)(=O)CC12CCC(CC1=O)C2(C)C. The first-order valence-electron chi connectivity index (χ1n) is 13.3. The third-order valence-corrected chi connectivity index (χ3v) is 11.2. The van der Waals surface area contributed by atoms with Gasteiger partial charge >= 0.3 is 5.97 Å². The molecule has 0 aromatic carbocycles. The van der Waals surface area contributed by atoms with Crippen molar-refractivity contribution in [3.05, 3.63) is 0 Å². The van der Waals surface area contributed by atoms with Gasteiger partial charge in [0.15, 0.2) is 15.8 Å². The summed E-state index contributed by atoms with van der Waals surface area (Å²) in [5.74, 6) is -7.21. The van der Waals surface area contributed by atoms with Crippen LogP contribution in [0.3, 0.4) is 0 Å². The van der Waals surface area contributed by atoms with Crippen molar-refractivity contribution >= 4 is 55.7 Å². The van der Waals surface area contributed by atoms with Crippen LogP contribution in [0.5, 0.6) is 0 Å². The number of carbonyl (C=O) groups is 5. The maximum absolute atomic E-state index is 13.3. The van der Waals surface area contributed by atoms with Gasteiger partial charge in [-0.3, -0.25) is 24.2 Å². The number of likely N-dealkylation sites (N-methyl/N-ethyl adjacent to an activating group) is 1. The molecule has 2 amide bonds. The highest BCUT2D eigenvalue weighted by atomic mass is 32.2. The van der Waals surface area contributed by atoms with E-state index in [1.54, 1.807) is 0 Å². The van der Waals surface area contributed by atoms with Crippen LogP contribution in [0, 0.1) is 16.7 Å². The first kappa shape index (κ1) is 35.1. The summed E-state index contributed by atoms with van der Waals surface area (Å²) in [6, 6.07) is -2.92. The number of ketones is 1. The fraction of sp³-hybridized carbons (Fsp3) is 0.750. The number of rotatable bonds is 17. The van der Waals surface area contributed by atoms with Crippen LogP contribution < -0.4 is 21.5 Å². The van der Waals surface area contributed by atoms with E-state index in [2.05, 4.69) is 15.0 Å². The highest BCUT2D eigenvalue weighted by molar-refractivity contribution is 7.92. The second kappa shape index (κ2) is 13.5. The molecule has 0 aromatic rings. The number of carbonyl (C=O) groups excluding carboxylic acids is 4. The zero-order chi connectivity index (χ0) is 32.1. The number of hydrogen-bond donors (Lipinski definition) is 5. The molecule has 4 atom stereocenters. The van der Waals surface area contributed by atoms with Crippen LogP contribution in [-0.4, -0.2) is 112 Å². The van der Waals surface area contributed by atoms with Crippen molar-refractivity contribution < 1.29 is 45.9 Å². The Bertz CT molecular complexity index is 1330. The number of amides is 2. The molecule has 2 bridgehead atoms. The van der Waals surface area contributed by atoms with E-state index in [9.17, 15) is 40.8 Å². The van der Waals surface area contributed by atoms with Gasteiger partial charge < -0.3 is 31.6 Å². The van der Waals surface area contributed by atoms with E-state index in [0.29, 0.717) is 25.5 Å². The van der Waals surface area contributed by atoms with E-state index in [4.69, 9.17) is 16.6 Å². The Morgan fingerprint density at radius 3 is 2.36 bits per heavy atom. The summed E-state index contributed by atoms with van der Waals surface area (Å²) in [4.78, 5) is 65.6. The molecule has 0 heterocycles. The number of nitrogens with one attached hydrogen (secondary N) is 2. The molecule has 42 heavy (non-hydrogen) atoms. The van der Waals surface area contributed by atoms with Gasteiger partial charge in [-0.2, -0.15) is 0 Å². The second-order valence-corrected chi connectivity index (χ2v) is 15.4. The van der Waals surface area contributed by atoms with Crippen LogP contribution in [-0.2, 0) is 43.8 Å². The quantitative estimate of drug-likeness (QED) is 0.0475. The Morgan fingerprint density at radius 1 is 1.21 bits per heavy atom. The zero-order valence-corrected chi connectivity index (χ0v) is 25.5. The van der Waals surface area contributed by atoms with Crippen molar-refractivity contribution in [2.45, 2.75) is 58.0 Å². The molecule has 7 N–H and O–H groups in total. The van der Waals surface area contributed by atoms with Crippen LogP contribution in [0.25, 0.3) is 0 Å². The van der Waals surface area contributed by atoms with Gasteiger partial charge in [-0.15, -0.1) is 0 Å². The summed E-state index contributed by atoms with van der Waals surface area (Å²) in [5, 5.41) is 11.4. The lowest BCUT2D eigenvalue weighted by molar-refractivity contribution is -0.136. The van der Waals surface area contributed by atoms with Crippen LogP contribution in [0.15, 0.2) is 4.99 Å². The van der Waals surface area contributed by atoms with Crippen LogP contribution in [0.1, 0.15) is 46.0 Å². The summed E-state index contributed by atoms with van der Waals surface area (Å²) >= 11 is 0. The lowest BCUT2D eigenvalue weighted by Crippen LogP contribution is -2.55. The average molecular weight is 637 g/mol. The first-order chi connectivity index (χ1) is 19.2. The molecular formula is C24H40N6O10S2. The van der Waals surface area contributed by atoms with Crippen molar-refractivity contribution in [1.29, 1.82) is 0 Å². The lowest BCUT2D eigenvalue weighted by Gasteiger charge is -2.36. The van der Waals surface area contributed by atoms with Gasteiger partial charge in [-0.05, 0) is 37.0 Å². The Balaban J connectivity index is 2.19. The topological polar surface area (TPSA) is 266 Å². The maximum Gasteiger partial charge on any atom is 0.318 e. The van der Waals surface area contributed by atoms with Crippen molar-refractivity contribution in [3.8, 4) is 0 Å². The molecule has 18 heteroatoms. The largest absolute Gasteiger partial charge is 0.480 e. The molecule has 0 aromatic heterocycles. The number of aliphatic imine (C=N–C) groups is 1. The summed E-state index contributed by atoms with van der Waals surface area (Å²) in [5.41, 5.74) is 8.61. The summed E-state index contributed by atoms with van der Waals surface area (Å²) < 4.78 is 53.7. The molecule has 0 spiro atoms. The lowest BCUT2D eigenvalue weighted by atomic mass is 9.70. The number of Topliss-reactive ketones (excluding diaryl/α,β-unsaturated/α-hetero) is 1. The molecule has 2 fully saturated rings. The molecule has 2 saturated carbocycles. The number of sulfonamides is 1. The van der Waals surface area contributed by atoms with Crippen LogP contribution in [0.4, 0.5) is 0 Å². The number of nitrogens with two attached hydrogens (primary N) is 2. The third-order valence-electron chi connectivity index (χ3n) is 8.19. The minimum Gasteiger partial charge on any atom is -0.480 e. The number of fused-ring (bicyclic) bond motifs is 2. The molecule has 2 aliphatic carbocycles. The number of aldehydes is 1. The van der Waals surface area contributed by atoms with Crippen molar-refractivity contribution in [1.82, 2.24) is 14.9 Å². The number of sulfone groups is 1. The second-order valence-electron chi connectivity index (χ2n) is 11.5. The van der Waals surface area contributed by atoms with E-state index >= 15 is 0 Å². The Kier molecular flexibility index (Phi) is 11.2. The van der Waals surface area contributed by atoms with E-state index in [1.807, 2.05) is 13.8 Å². The van der Waals surface area contributed by atoms with Gasteiger partial charge in [-0.25, -0.2) is 21.6 Å².